The predicted molar refractivity (Wildman–Crippen MR) is 97.7 cm³/mol. The van der Waals surface area contributed by atoms with E-state index in [2.05, 4.69) is 20.4 Å². The van der Waals surface area contributed by atoms with Crippen molar-refractivity contribution in [2.75, 3.05) is 26.7 Å². The van der Waals surface area contributed by atoms with E-state index in [1.165, 1.54) is 7.11 Å². The Labute approximate surface area is 149 Å². The van der Waals surface area contributed by atoms with Gasteiger partial charge in [-0.25, -0.2) is 0 Å². The minimum Gasteiger partial charge on any atom is -0.469 e. The Morgan fingerprint density at radius 1 is 1.36 bits per heavy atom. The first kappa shape index (κ1) is 20.8. The van der Waals surface area contributed by atoms with Crippen LogP contribution in [0.1, 0.15) is 31.9 Å². The highest BCUT2D eigenvalue weighted by atomic mass is 127. The van der Waals surface area contributed by atoms with Crippen molar-refractivity contribution in [1.29, 1.82) is 0 Å². The fourth-order valence-corrected chi connectivity index (χ4v) is 1.77. The largest absolute Gasteiger partial charge is 0.469 e. The molecule has 0 aliphatic carbocycles. The van der Waals surface area contributed by atoms with Crippen LogP contribution in [-0.4, -0.2) is 38.7 Å². The molecule has 1 rings (SSSR count). The highest BCUT2D eigenvalue weighted by molar-refractivity contribution is 14.0. The topological polar surface area (TPSA) is 75.9 Å². The van der Waals surface area contributed by atoms with Crippen molar-refractivity contribution in [3.8, 4) is 0 Å². The number of aliphatic imine (C=N–C) groups is 1. The average molecular weight is 423 g/mol. The SMILES string of the molecule is CCNC(=NCCCCC(=O)OC)NCCc1ccco1.I. The third-order valence-electron chi connectivity index (χ3n) is 2.87. The molecule has 22 heavy (non-hydrogen) atoms. The van der Waals surface area contributed by atoms with Gasteiger partial charge in [-0.3, -0.25) is 9.79 Å². The summed E-state index contributed by atoms with van der Waals surface area (Å²) in [6.07, 6.45) is 4.61. The van der Waals surface area contributed by atoms with Crippen molar-refractivity contribution in [3.05, 3.63) is 24.2 Å². The summed E-state index contributed by atoms with van der Waals surface area (Å²) in [5, 5.41) is 6.45. The van der Waals surface area contributed by atoms with E-state index in [1.807, 2.05) is 19.1 Å². The number of rotatable bonds is 9. The molecule has 0 aromatic carbocycles. The number of nitrogens with one attached hydrogen (secondary N) is 2. The quantitative estimate of drug-likeness (QED) is 0.210. The van der Waals surface area contributed by atoms with Crippen molar-refractivity contribution >= 4 is 35.9 Å². The number of carbonyl (C=O) groups excluding carboxylic acids is 1. The second-order valence-corrected chi connectivity index (χ2v) is 4.55. The van der Waals surface area contributed by atoms with Crippen molar-refractivity contribution in [2.45, 2.75) is 32.6 Å². The Kier molecular flexibility index (Phi) is 12.7. The molecule has 0 amide bonds. The first-order valence-corrected chi connectivity index (χ1v) is 7.37. The van der Waals surface area contributed by atoms with Crippen molar-refractivity contribution in [1.82, 2.24) is 10.6 Å². The van der Waals surface area contributed by atoms with E-state index in [4.69, 9.17) is 4.42 Å². The Morgan fingerprint density at radius 2 is 2.18 bits per heavy atom. The summed E-state index contributed by atoms with van der Waals surface area (Å²) < 4.78 is 9.87. The van der Waals surface area contributed by atoms with Crippen molar-refractivity contribution in [2.24, 2.45) is 4.99 Å². The number of esters is 1. The van der Waals surface area contributed by atoms with Crippen LogP contribution in [0.2, 0.25) is 0 Å². The number of guanidine groups is 1. The summed E-state index contributed by atoms with van der Waals surface area (Å²) in [5.74, 6) is 1.58. The summed E-state index contributed by atoms with van der Waals surface area (Å²) in [5.41, 5.74) is 0. The number of furan rings is 1. The molecule has 0 fully saturated rings. The molecule has 0 unspecified atom stereocenters. The second-order valence-electron chi connectivity index (χ2n) is 4.55. The summed E-state index contributed by atoms with van der Waals surface area (Å²) in [6, 6.07) is 3.84. The van der Waals surface area contributed by atoms with Crippen LogP contribution in [0, 0.1) is 0 Å². The van der Waals surface area contributed by atoms with Crippen LogP contribution in [0.25, 0.3) is 0 Å². The van der Waals surface area contributed by atoms with Gasteiger partial charge in [0.15, 0.2) is 5.96 Å². The normalized spacial score (nSPS) is 10.7. The molecule has 126 valence electrons. The van der Waals surface area contributed by atoms with Gasteiger partial charge >= 0.3 is 5.97 Å². The molecule has 0 spiro atoms. The van der Waals surface area contributed by atoms with Gasteiger partial charge in [0.25, 0.3) is 0 Å². The van der Waals surface area contributed by atoms with E-state index < -0.39 is 0 Å². The summed E-state index contributed by atoms with van der Waals surface area (Å²) in [6.45, 7) is 4.30. The van der Waals surface area contributed by atoms with Crippen LogP contribution in [0.4, 0.5) is 0 Å². The maximum Gasteiger partial charge on any atom is 0.305 e. The maximum atomic E-state index is 11.0. The van der Waals surface area contributed by atoms with Gasteiger partial charge in [-0.15, -0.1) is 24.0 Å². The fraction of sp³-hybridized carbons (Fsp3) is 0.600. The summed E-state index contributed by atoms with van der Waals surface area (Å²) in [4.78, 5) is 15.4. The zero-order chi connectivity index (χ0) is 15.3. The number of carbonyl (C=O) groups is 1. The molecule has 0 radical (unpaired) electrons. The van der Waals surface area contributed by atoms with Crippen LogP contribution in [0.15, 0.2) is 27.8 Å². The second kappa shape index (κ2) is 13.4. The first-order valence-electron chi connectivity index (χ1n) is 7.37. The van der Waals surface area contributed by atoms with Crippen LogP contribution >= 0.6 is 24.0 Å². The minimum atomic E-state index is -0.164. The third kappa shape index (κ3) is 9.64. The van der Waals surface area contributed by atoms with E-state index in [0.29, 0.717) is 13.0 Å². The van der Waals surface area contributed by atoms with Gasteiger partial charge in [0.1, 0.15) is 5.76 Å². The van der Waals surface area contributed by atoms with Crippen molar-refractivity contribution in [3.63, 3.8) is 0 Å². The number of halogens is 1. The number of hydrogen-bond donors (Lipinski definition) is 2. The molecule has 0 saturated heterocycles. The number of unbranched alkanes of at least 4 members (excludes halogenated alkanes) is 1. The molecule has 6 nitrogen and oxygen atoms in total. The predicted octanol–water partition coefficient (Wildman–Crippen LogP) is 2.34. The monoisotopic (exact) mass is 423 g/mol. The van der Waals surface area contributed by atoms with Gasteiger partial charge in [0.05, 0.1) is 13.4 Å². The highest BCUT2D eigenvalue weighted by Gasteiger charge is 2.01. The molecular formula is C15H26IN3O3. The molecule has 1 aromatic rings. The molecule has 0 atom stereocenters. The van der Waals surface area contributed by atoms with Crippen molar-refractivity contribution < 1.29 is 13.9 Å². The number of ether oxygens (including phenoxy) is 1. The van der Waals surface area contributed by atoms with E-state index in [9.17, 15) is 4.79 Å². The Balaban J connectivity index is 0.00000441. The van der Waals surface area contributed by atoms with Crippen LogP contribution in [-0.2, 0) is 16.0 Å². The lowest BCUT2D eigenvalue weighted by Gasteiger charge is -2.10. The van der Waals surface area contributed by atoms with Crippen LogP contribution < -0.4 is 10.6 Å². The minimum absolute atomic E-state index is 0. The highest BCUT2D eigenvalue weighted by Crippen LogP contribution is 2.00. The molecule has 2 N–H and O–H groups in total. The molecule has 1 aromatic heterocycles. The van der Waals surface area contributed by atoms with E-state index >= 15 is 0 Å². The summed E-state index contributed by atoms with van der Waals surface area (Å²) in [7, 11) is 1.41. The third-order valence-corrected chi connectivity index (χ3v) is 2.87. The van der Waals surface area contributed by atoms with E-state index in [-0.39, 0.29) is 29.9 Å². The Bertz CT molecular complexity index is 422. The zero-order valence-corrected chi connectivity index (χ0v) is 15.6. The molecule has 0 aliphatic rings. The molecule has 0 bridgehead atoms. The van der Waals surface area contributed by atoms with E-state index in [1.54, 1.807) is 6.26 Å². The average Bonchev–Trinajstić information content (AvgIpc) is 2.99. The first-order chi connectivity index (χ1) is 10.3. The lowest BCUT2D eigenvalue weighted by atomic mass is 10.2. The standard InChI is InChI=1S/C15H25N3O3.HI/c1-3-16-15(17-10-5-4-8-14(19)20-2)18-11-9-13-7-6-12-21-13;/h6-7,12H,3-5,8-11H2,1-2H3,(H2,16,17,18);1H. The number of nitrogens with zero attached hydrogens (tertiary/aromatic N) is 1. The number of hydrogen-bond acceptors (Lipinski definition) is 4. The Hall–Kier alpha value is -1.25. The smallest absolute Gasteiger partial charge is 0.305 e. The summed E-state index contributed by atoms with van der Waals surface area (Å²) >= 11 is 0. The van der Waals surface area contributed by atoms with Crippen LogP contribution in [0.5, 0.6) is 0 Å². The van der Waals surface area contributed by atoms with Gasteiger partial charge in [0.2, 0.25) is 0 Å². The number of methoxy groups -OCH3 is 1. The molecule has 0 saturated carbocycles. The van der Waals surface area contributed by atoms with Crippen LogP contribution in [0.3, 0.4) is 0 Å². The lowest BCUT2D eigenvalue weighted by Crippen LogP contribution is -2.38. The molecule has 7 heteroatoms. The lowest BCUT2D eigenvalue weighted by molar-refractivity contribution is -0.140. The maximum absolute atomic E-state index is 11.0. The van der Waals surface area contributed by atoms with Gasteiger partial charge in [-0.2, -0.15) is 0 Å². The van der Waals surface area contributed by atoms with Gasteiger partial charge < -0.3 is 19.8 Å². The Morgan fingerprint density at radius 3 is 2.82 bits per heavy atom. The molecule has 0 aliphatic heterocycles. The zero-order valence-electron chi connectivity index (χ0n) is 13.3. The molecular weight excluding hydrogens is 397 g/mol. The van der Waals surface area contributed by atoms with Gasteiger partial charge in [-0.1, -0.05) is 0 Å². The molecule has 1 heterocycles. The van der Waals surface area contributed by atoms with Gasteiger partial charge in [-0.05, 0) is 31.9 Å². The fourth-order valence-electron chi connectivity index (χ4n) is 1.77. The van der Waals surface area contributed by atoms with E-state index in [0.717, 1.165) is 44.1 Å². The van der Waals surface area contributed by atoms with Gasteiger partial charge in [0, 0.05) is 32.5 Å².